The first-order valence-electron chi connectivity index (χ1n) is 8.81. The van der Waals surface area contributed by atoms with Crippen molar-refractivity contribution in [3.8, 4) is 0 Å². The van der Waals surface area contributed by atoms with Crippen LogP contribution in [0.15, 0.2) is 49.7 Å². The molecular weight excluding hydrogens is 424 g/mol. The third-order valence-electron chi connectivity index (χ3n) is 3.52. The molecule has 0 fully saturated rings. The van der Waals surface area contributed by atoms with Gasteiger partial charge in [-0.05, 0) is 30.7 Å². The number of rotatable bonds is 4. The van der Waals surface area contributed by atoms with Gasteiger partial charge >= 0.3 is 0 Å². The van der Waals surface area contributed by atoms with Crippen LogP contribution in [0, 0.1) is 6.92 Å². The lowest BCUT2D eigenvalue weighted by molar-refractivity contribution is 0.103. The molecule has 0 atom stereocenters. The van der Waals surface area contributed by atoms with E-state index in [1.165, 1.54) is 0 Å². The molecule has 1 aromatic heterocycles. The predicted molar refractivity (Wildman–Crippen MR) is 97.0 cm³/mol. The second-order valence-corrected chi connectivity index (χ2v) is 6.68. The van der Waals surface area contributed by atoms with Crippen LogP contribution in [0.25, 0.3) is 11.0 Å². The summed E-state index contributed by atoms with van der Waals surface area (Å²) in [5.41, 5.74) is 1.21. The molecule has 23 heavy (non-hydrogen) atoms. The molecule has 3 nitrogen and oxygen atoms in total. The van der Waals surface area contributed by atoms with Crippen LogP contribution in [0.4, 0.5) is 0 Å². The Balaban J connectivity index is 2.36. The van der Waals surface area contributed by atoms with Gasteiger partial charge in [-0.1, -0.05) is 50.0 Å². The average molecular weight is 442 g/mol. The van der Waals surface area contributed by atoms with Gasteiger partial charge in [-0.15, -0.1) is 0 Å². The second-order valence-electron chi connectivity index (χ2n) is 4.97. The summed E-state index contributed by atoms with van der Waals surface area (Å²) in [6.07, 6.45) is 0.0174. The summed E-state index contributed by atoms with van der Waals surface area (Å²) in [4.78, 5) is 13.3. The summed E-state index contributed by atoms with van der Waals surface area (Å²) in [7, 11) is 0. The molecule has 1 heterocycles. The Morgan fingerprint density at radius 2 is 1.91 bits per heavy atom. The van der Waals surface area contributed by atoms with Crippen molar-refractivity contribution in [2.24, 2.45) is 0 Å². The van der Waals surface area contributed by atoms with Gasteiger partial charge in [0.05, 0.1) is 17.7 Å². The molecule has 118 valence electrons. The van der Waals surface area contributed by atoms with Crippen LogP contribution >= 0.6 is 31.9 Å². The monoisotopic (exact) mass is 440 g/mol. The van der Waals surface area contributed by atoms with Crippen molar-refractivity contribution in [2.45, 2.75) is 13.3 Å². The van der Waals surface area contributed by atoms with Gasteiger partial charge in [0.25, 0.3) is 0 Å². The van der Waals surface area contributed by atoms with E-state index in [0.29, 0.717) is 5.56 Å². The van der Waals surface area contributed by atoms with Crippen molar-refractivity contribution in [3.05, 3.63) is 67.7 Å². The summed E-state index contributed by atoms with van der Waals surface area (Å²) in [6.45, 7) is 1.59. The van der Waals surface area contributed by atoms with Gasteiger partial charge < -0.3 is 9.52 Å². The van der Waals surface area contributed by atoms with E-state index in [4.69, 9.17) is 9.90 Å². The van der Waals surface area contributed by atoms with Crippen molar-refractivity contribution in [2.75, 3.05) is 6.61 Å². The van der Waals surface area contributed by atoms with E-state index in [2.05, 4.69) is 31.9 Å². The van der Waals surface area contributed by atoms with E-state index < -0.39 is 17.9 Å². The third-order valence-corrected chi connectivity index (χ3v) is 5.16. The molecule has 5 heteroatoms. The minimum Gasteiger partial charge on any atom is -0.460 e. The topological polar surface area (TPSA) is 50.4 Å². The molecule has 0 amide bonds. The normalized spacial score (nSPS) is 13.6. The van der Waals surface area contributed by atoms with Crippen LogP contribution < -0.4 is 0 Å². The number of carbonyl (C=O) groups is 1. The number of carbonyl (C=O) groups excluding carboxylic acids is 1. The highest BCUT2D eigenvalue weighted by molar-refractivity contribution is 9.11. The van der Waals surface area contributed by atoms with Gasteiger partial charge in [0.1, 0.15) is 11.3 Å². The number of hydrogen-bond donors (Lipinski definition) is 1. The number of furan rings is 1. The highest BCUT2D eigenvalue weighted by Crippen LogP contribution is 2.32. The van der Waals surface area contributed by atoms with Crippen LogP contribution in [0.5, 0.6) is 0 Å². The van der Waals surface area contributed by atoms with E-state index in [0.717, 1.165) is 14.5 Å². The number of aliphatic hydroxyl groups excluding tert-OH is 1. The first-order valence-corrected chi connectivity index (χ1v) is 8.40. The number of aliphatic hydroxyl groups is 1. The molecule has 0 saturated heterocycles. The molecule has 1 N–H and O–H groups in total. The molecule has 3 aromatic rings. The fraction of sp³-hybridized carbons (Fsp3) is 0.167. The lowest BCUT2D eigenvalue weighted by atomic mass is 9.98. The van der Waals surface area contributed by atoms with E-state index in [1.54, 1.807) is 12.1 Å². The Hall–Kier alpha value is -1.43. The maximum Gasteiger partial charge on any atom is 0.197 e. The standard InChI is InChI=1S/C18H14Br2O3/c1-10-13(19)8-11(9-14(10)20)18(22)17-12-4-2-3-5-15(12)23-16(17)6-7-21/h2-5,8-9,21H,6-7H2,1H3/i2D,3D,4D,5D. The fourth-order valence-corrected chi connectivity index (χ4v) is 3.49. The predicted octanol–water partition coefficient (Wildman–Crippen LogP) is 5.03. The molecular formula is C18H14Br2O3. The van der Waals surface area contributed by atoms with Gasteiger partial charge in [-0.3, -0.25) is 4.79 Å². The Morgan fingerprint density at radius 1 is 1.26 bits per heavy atom. The lowest BCUT2D eigenvalue weighted by Crippen LogP contribution is -2.05. The summed E-state index contributed by atoms with van der Waals surface area (Å²) >= 11 is 6.81. The molecule has 0 aliphatic carbocycles. The van der Waals surface area contributed by atoms with Crippen molar-refractivity contribution < 1.29 is 19.8 Å². The molecule has 0 aliphatic rings. The molecule has 0 saturated carbocycles. The van der Waals surface area contributed by atoms with E-state index in [-0.39, 0.29) is 47.4 Å². The number of para-hydroxylation sites is 1. The zero-order chi connectivity index (χ0) is 20.0. The second kappa shape index (κ2) is 6.59. The van der Waals surface area contributed by atoms with Gasteiger partial charge in [0.15, 0.2) is 5.78 Å². The van der Waals surface area contributed by atoms with Crippen molar-refractivity contribution in [1.29, 1.82) is 0 Å². The highest BCUT2D eigenvalue weighted by Gasteiger charge is 2.22. The van der Waals surface area contributed by atoms with Crippen LogP contribution in [0.1, 0.15) is 32.7 Å². The fourth-order valence-electron chi connectivity index (χ4n) is 2.31. The number of halogens is 2. The summed E-state index contributed by atoms with van der Waals surface area (Å²) in [6, 6.07) is 1.73. The Kier molecular flexibility index (Phi) is 3.44. The van der Waals surface area contributed by atoms with E-state index in [9.17, 15) is 9.90 Å². The number of benzene rings is 2. The summed E-state index contributed by atoms with van der Waals surface area (Å²) < 4.78 is 39.0. The number of hydrogen-bond acceptors (Lipinski definition) is 3. The Labute approximate surface area is 156 Å². The van der Waals surface area contributed by atoms with Crippen LogP contribution in [-0.2, 0) is 6.42 Å². The van der Waals surface area contributed by atoms with Crippen molar-refractivity contribution in [3.63, 3.8) is 0 Å². The van der Waals surface area contributed by atoms with Crippen LogP contribution in [0.2, 0.25) is 0 Å². The first kappa shape index (κ1) is 12.0. The van der Waals surface area contributed by atoms with E-state index in [1.807, 2.05) is 6.92 Å². The first-order chi connectivity index (χ1) is 12.7. The third kappa shape index (κ3) is 3.01. The maximum atomic E-state index is 13.3. The molecule has 3 rings (SSSR count). The van der Waals surface area contributed by atoms with Gasteiger partial charge in [-0.25, -0.2) is 0 Å². The van der Waals surface area contributed by atoms with Gasteiger partial charge in [0.2, 0.25) is 0 Å². The Morgan fingerprint density at radius 3 is 2.57 bits per heavy atom. The van der Waals surface area contributed by atoms with Crippen LogP contribution in [0.3, 0.4) is 0 Å². The molecule has 0 radical (unpaired) electrons. The largest absolute Gasteiger partial charge is 0.460 e. The highest BCUT2D eigenvalue weighted by atomic mass is 79.9. The van der Waals surface area contributed by atoms with Crippen molar-refractivity contribution >= 4 is 48.6 Å². The zero-order valence-corrected chi connectivity index (χ0v) is 15.3. The zero-order valence-electron chi connectivity index (χ0n) is 16.1. The molecule has 0 unspecified atom stereocenters. The maximum absolute atomic E-state index is 13.3. The molecule has 0 bridgehead atoms. The molecule has 0 spiro atoms. The quantitative estimate of drug-likeness (QED) is 0.577. The molecule has 2 aromatic carbocycles. The average Bonchev–Trinajstić information content (AvgIpc) is 3.01. The lowest BCUT2D eigenvalue weighted by Gasteiger charge is -2.07. The molecule has 0 aliphatic heterocycles. The van der Waals surface area contributed by atoms with Crippen molar-refractivity contribution in [1.82, 2.24) is 0 Å². The Bertz CT molecular complexity index is 1070. The number of ketones is 1. The van der Waals surface area contributed by atoms with E-state index >= 15 is 0 Å². The summed E-state index contributed by atoms with van der Waals surface area (Å²) in [5.74, 6) is -0.305. The smallest absolute Gasteiger partial charge is 0.197 e. The number of fused-ring (bicyclic) bond motifs is 1. The van der Waals surface area contributed by atoms with Gasteiger partial charge in [0, 0.05) is 26.3 Å². The van der Waals surface area contributed by atoms with Crippen LogP contribution in [-0.4, -0.2) is 17.5 Å². The van der Waals surface area contributed by atoms with Gasteiger partial charge in [-0.2, -0.15) is 0 Å². The minimum absolute atomic E-state index is 0.0174. The minimum atomic E-state index is -0.441. The SMILES string of the molecule is [2H]c1c([2H])c([2H])c2c(C(=O)c3cc(Br)c(C)c(Br)c3)c(CCO)oc2c1[2H]. The summed E-state index contributed by atoms with van der Waals surface area (Å²) in [5, 5.41) is 9.37.